The number of carbonyl (C=O) groups excluding carboxylic acids is 1. The molecule has 0 saturated carbocycles. The Hall–Kier alpha value is -2.96. The van der Waals surface area contributed by atoms with Crippen molar-refractivity contribution in [3.63, 3.8) is 0 Å². The van der Waals surface area contributed by atoms with Crippen LogP contribution < -0.4 is 4.90 Å². The largest absolute Gasteiger partial charge is 0.355 e. The first-order valence-corrected chi connectivity index (χ1v) is 9.99. The zero-order chi connectivity index (χ0) is 19.1. The molecule has 0 bridgehead atoms. The first kappa shape index (κ1) is 17.2. The van der Waals surface area contributed by atoms with E-state index < -0.39 is 0 Å². The molecule has 1 amide bonds. The molecule has 0 N–H and O–H groups in total. The van der Waals surface area contributed by atoms with Crippen LogP contribution >= 0.6 is 0 Å². The zero-order valence-corrected chi connectivity index (χ0v) is 16.1. The number of fused-ring (bicyclic) bond motifs is 1. The van der Waals surface area contributed by atoms with Crippen LogP contribution in [0.1, 0.15) is 41.5 Å². The minimum atomic E-state index is -0.0154. The van der Waals surface area contributed by atoms with Gasteiger partial charge < -0.3 is 14.4 Å². The molecule has 2 aliphatic rings. The number of rotatable bonds is 3. The molecule has 0 aliphatic carbocycles. The molecular formula is C21H24N6O. The van der Waals surface area contributed by atoms with Gasteiger partial charge in [-0.15, -0.1) is 0 Å². The minimum Gasteiger partial charge on any atom is -0.355 e. The second-order valence-electron chi connectivity index (χ2n) is 7.70. The van der Waals surface area contributed by atoms with Crippen molar-refractivity contribution >= 4 is 22.8 Å². The van der Waals surface area contributed by atoms with Gasteiger partial charge in [0.05, 0.1) is 16.7 Å². The van der Waals surface area contributed by atoms with E-state index in [0.29, 0.717) is 18.9 Å². The number of hydrogen-bond acceptors (Lipinski definition) is 5. The molecule has 28 heavy (non-hydrogen) atoms. The molecule has 2 aliphatic heterocycles. The van der Waals surface area contributed by atoms with Gasteiger partial charge in [0.25, 0.3) is 5.91 Å². The van der Waals surface area contributed by atoms with Crippen molar-refractivity contribution < 1.29 is 4.79 Å². The number of piperidine rings is 1. The third-order valence-electron chi connectivity index (χ3n) is 5.90. The monoisotopic (exact) mass is 376 g/mol. The van der Waals surface area contributed by atoms with Crippen molar-refractivity contribution in [2.45, 2.75) is 25.2 Å². The third-order valence-corrected chi connectivity index (χ3v) is 5.90. The van der Waals surface area contributed by atoms with Crippen LogP contribution in [0.25, 0.3) is 11.0 Å². The van der Waals surface area contributed by atoms with Crippen LogP contribution in [0.3, 0.4) is 0 Å². The average molecular weight is 376 g/mol. The van der Waals surface area contributed by atoms with Gasteiger partial charge in [0.1, 0.15) is 0 Å². The standard InChI is InChI=1S/C21H24N6O/c1-25-17-8-4-3-7-16(17)24-20(25)21(28)27-13-15(14-27)18-19(23-10-9-22-18)26-11-5-2-6-12-26/h3-4,7-10,15H,2,5-6,11-14H2,1H3. The molecule has 4 heterocycles. The van der Waals surface area contributed by atoms with E-state index in [1.165, 1.54) is 19.3 Å². The number of carbonyl (C=O) groups is 1. The van der Waals surface area contributed by atoms with Crippen LogP contribution in [0.2, 0.25) is 0 Å². The summed E-state index contributed by atoms with van der Waals surface area (Å²) in [6, 6.07) is 7.84. The Balaban J connectivity index is 1.33. The number of aromatic nitrogens is 4. The summed E-state index contributed by atoms with van der Waals surface area (Å²) in [5.74, 6) is 1.72. The molecule has 0 unspecified atom stereocenters. The summed E-state index contributed by atoms with van der Waals surface area (Å²) in [7, 11) is 1.90. The summed E-state index contributed by atoms with van der Waals surface area (Å²) in [4.78, 5) is 31.0. The Morgan fingerprint density at radius 1 is 1.04 bits per heavy atom. The van der Waals surface area contributed by atoms with E-state index in [1.807, 2.05) is 40.8 Å². The van der Waals surface area contributed by atoms with E-state index in [9.17, 15) is 4.79 Å². The Morgan fingerprint density at radius 2 is 1.79 bits per heavy atom. The number of aryl methyl sites for hydroxylation is 1. The highest BCUT2D eigenvalue weighted by Gasteiger charge is 2.37. The molecule has 7 heteroatoms. The first-order chi connectivity index (χ1) is 13.7. The predicted molar refractivity (Wildman–Crippen MR) is 107 cm³/mol. The van der Waals surface area contributed by atoms with Gasteiger partial charge in [-0.1, -0.05) is 12.1 Å². The quantitative estimate of drug-likeness (QED) is 0.703. The third kappa shape index (κ3) is 2.82. The molecule has 7 nitrogen and oxygen atoms in total. The van der Waals surface area contributed by atoms with E-state index in [0.717, 1.165) is 35.6 Å². The van der Waals surface area contributed by atoms with Gasteiger partial charge in [0, 0.05) is 51.5 Å². The van der Waals surface area contributed by atoms with Crippen LogP contribution in [0.5, 0.6) is 0 Å². The minimum absolute atomic E-state index is 0.0154. The molecule has 1 aromatic carbocycles. The highest BCUT2D eigenvalue weighted by molar-refractivity contribution is 5.95. The van der Waals surface area contributed by atoms with Gasteiger partial charge in [0.15, 0.2) is 11.6 Å². The van der Waals surface area contributed by atoms with Crippen molar-refractivity contribution in [3.8, 4) is 0 Å². The zero-order valence-electron chi connectivity index (χ0n) is 16.1. The summed E-state index contributed by atoms with van der Waals surface area (Å²) in [6.45, 7) is 3.42. The molecule has 5 rings (SSSR count). The number of anilines is 1. The number of para-hydroxylation sites is 2. The number of amides is 1. The van der Waals surface area contributed by atoms with Crippen LogP contribution in [0.4, 0.5) is 5.82 Å². The van der Waals surface area contributed by atoms with Crippen molar-refractivity contribution in [1.82, 2.24) is 24.4 Å². The van der Waals surface area contributed by atoms with Crippen LogP contribution in [0.15, 0.2) is 36.7 Å². The maximum Gasteiger partial charge on any atom is 0.289 e. The molecule has 2 saturated heterocycles. The maximum absolute atomic E-state index is 13.0. The molecular weight excluding hydrogens is 352 g/mol. The average Bonchev–Trinajstić information content (AvgIpc) is 3.05. The Kier molecular flexibility index (Phi) is 4.22. The summed E-state index contributed by atoms with van der Waals surface area (Å²) in [5, 5.41) is 0. The van der Waals surface area contributed by atoms with E-state index in [2.05, 4.69) is 19.9 Å². The number of nitrogens with zero attached hydrogens (tertiary/aromatic N) is 6. The highest BCUT2D eigenvalue weighted by atomic mass is 16.2. The van der Waals surface area contributed by atoms with Gasteiger partial charge in [-0.25, -0.2) is 9.97 Å². The van der Waals surface area contributed by atoms with Crippen LogP contribution in [-0.4, -0.2) is 56.5 Å². The fraction of sp³-hybridized carbons (Fsp3) is 0.429. The van der Waals surface area contributed by atoms with E-state index in [4.69, 9.17) is 0 Å². The molecule has 2 aromatic heterocycles. The molecule has 3 aromatic rings. The van der Waals surface area contributed by atoms with E-state index in [-0.39, 0.29) is 11.8 Å². The summed E-state index contributed by atoms with van der Waals surface area (Å²) >= 11 is 0. The molecule has 0 radical (unpaired) electrons. The van der Waals surface area contributed by atoms with Gasteiger partial charge in [0.2, 0.25) is 0 Å². The Morgan fingerprint density at radius 3 is 2.57 bits per heavy atom. The van der Waals surface area contributed by atoms with Crippen LogP contribution in [-0.2, 0) is 7.05 Å². The summed E-state index contributed by atoms with van der Waals surface area (Å²) in [6.07, 6.45) is 7.24. The van der Waals surface area contributed by atoms with Crippen LogP contribution in [0, 0.1) is 0 Å². The lowest BCUT2D eigenvalue weighted by Gasteiger charge is -2.40. The van der Waals surface area contributed by atoms with Gasteiger partial charge in [-0.3, -0.25) is 9.78 Å². The molecule has 2 fully saturated rings. The topological polar surface area (TPSA) is 67.2 Å². The highest BCUT2D eigenvalue weighted by Crippen LogP contribution is 2.33. The Labute approximate surface area is 164 Å². The lowest BCUT2D eigenvalue weighted by Crippen LogP contribution is -2.50. The van der Waals surface area contributed by atoms with Crippen molar-refractivity contribution in [3.05, 3.63) is 48.2 Å². The lowest BCUT2D eigenvalue weighted by atomic mass is 9.95. The fourth-order valence-corrected chi connectivity index (χ4v) is 4.27. The summed E-state index contributed by atoms with van der Waals surface area (Å²) < 4.78 is 1.88. The van der Waals surface area contributed by atoms with E-state index >= 15 is 0 Å². The number of benzene rings is 1. The Bertz CT molecular complexity index is 1020. The smallest absolute Gasteiger partial charge is 0.289 e. The fourth-order valence-electron chi connectivity index (χ4n) is 4.27. The van der Waals surface area contributed by atoms with Gasteiger partial charge in [-0.05, 0) is 31.4 Å². The molecule has 0 atom stereocenters. The van der Waals surface area contributed by atoms with E-state index in [1.54, 1.807) is 12.4 Å². The molecule has 144 valence electrons. The van der Waals surface area contributed by atoms with Gasteiger partial charge >= 0.3 is 0 Å². The second-order valence-corrected chi connectivity index (χ2v) is 7.70. The molecule has 0 spiro atoms. The normalized spacial score (nSPS) is 17.8. The lowest BCUT2D eigenvalue weighted by molar-refractivity contribution is 0.0582. The van der Waals surface area contributed by atoms with Crippen molar-refractivity contribution in [2.75, 3.05) is 31.1 Å². The predicted octanol–water partition coefficient (Wildman–Crippen LogP) is 2.59. The van der Waals surface area contributed by atoms with Crippen molar-refractivity contribution in [1.29, 1.82) is 0 Å². The summed E-state index contributed by atoms with van der Waals surface area (Å²) in [5.41, 5.74) is 2.86. The van der Waals surface area contributed by atoms with Gasteiger partial charge in [-0.2, -0.15) is 0 Å². The second kappa shape index (κ2) is 6.89. The number of likely N-dealkylation sites (tertiary alicyclic amines) is 1. The van der Waals surface area contributed by atoms with Crippen molar-refractivity contribution in [2.24, 2.45) is 7.05 Å². The first-order valence-electron chi connectivity index (χ1n) is 9.99. The number of hydrogen-bond donors (Lipinski definition) is 0. The number of imidazole rings is 1. The maximum atomic E-state index is 13.0. The SMILES string of the molecule is Cn1c(C(=O)N2CC(c3nccnc3N3CCCCC3)C2)nc2ccccc21.